The predicted molar refractivity (Wildman–Crippen MR) is 115 cm³/mol. The zero-order valence-corrected chi connectivity index (χ0v) is 18.2. The van der Waals surface area contributed by atoms with E-state index in [1.165, 1.54) is 0 Å². The van der Waals surface area contributed by atoms with Crippen LogP contribution in [0.15, 0.2) is 24.3 Å². The summed E-state index contributed by atoms with van der Waals surface area (Å²) in [5.41, 5.74) is 0.557. The first-order chi connectivity index (χ1) is 15.0. The number of hydrogen-bond acceptors (Lipinski definition) is 6. The van der Waals surface area contributed by atoms with Gasteiger partial charge < -0.3 is 34.9 Å². The van der Waals surface area contributed by atoms with Gasteiger partial charge in [0.05, 0.1) is 57.2 Å². The number of hydrogen-bond donors (Lipinski definition) is 3. The molecule has 4 atom stereocenters. The zero-order chi connectivity index (χ0) is 22.2. The maximum absolute atomic E-state index is 13.2. The van der Waals surface area contributed by atoms with Crippen molar-refractivity contribution in [2.75, 3.05) is 38.7 Å². The van der Waals surface area contributed by atoms with Gasteiger partial charge in [-0.2, -0.15) is 0 Å². The van der Waals surface area contributed by atoms with Gasteiger partial charge in [0.1, 0.15) is 11.9 Å². The van der Waals surface area contributed by atoms with Crippen LogP contribution in [-0.4, -0.2) is 79.7 Å². The Labute approximate surface area is 183 Å². The first-order valence-electron chi connectivity index (χ1n) is 10.9. The topological polar surface area (TPSA) is 109 Å². The molecule has 2 fully saturated rings. The van der Waals surface area contributed by atoms with E-state index in [-0.39, 0.29) is 49.9 Å². The number of anilines is 1. The highest BCUT2D eigenvalue weighted by Crippen LogP contribution is 2.29. The van der Waals surface area contributed by atoms with Gasteiger partial charge in [0.15, 0.2) is 0 Å². The van der Waals surface area contributed by atoms with Gasteiger partial charge in [-0.15, -0.1) is 0 Å². The SMILES string of the molecule is CCCNC(=O)C[C@H]1CC[C@H]2[C@@H](COC[C@H](O)CN2C(=O)Nc2ccccc2OC)O1. The molecule has 9 heteroatoms. The number of carbonyl (C=O) groups excluding carboxylic acids is 2. The molecule has 2 aliphatic heterocycles. The van der Waals surface area contributed by atoms with E-state index in [9.17, 15) is 14.7 Å². The number of methoxy groups -OCH3 is 1. The van der Waals surface area contributed by atoms with Crippen LogP contribution in [0.3, 0.4) is 0 Å². The van der Waals surface area contributed by atoms with Crippen molar-refractivity contribution in [3.05, 3.63) is 24.3 Å². The first-order valence-corrected chi connectivity index (χ1v) is 10.9. The lowest BCUT2D eigenvalue weighted by atomic mass is 9.95. The molecule has 9 nitrogen and oxygen atoms in total. The minimum Gasteiger partial charge on any atom is -0.495 e. The summed E-state index contributed by atoms with van der Waals surface area (Å²) < 4.78 is 17.1. The fourth-order valence-corrected chi connectivity index (χ4v) is 4.05. The van der Waals surface area contributed by atoms with E-state index in [1.54, 1.807) is 24.1 Å². The molecule has 0 unspecified atom stereocenters. The van der Waals surface area contributed by atoms with Gasteiger partial charge in [-0.3, -0.25) is 4.79 Å². The van der Waals surface area contributed by atoms with Crippen LogP contribution in [-0.2, 0) is 14.3 Å². The molecule has 1 aromatic carbocycles. The molecule has 172 valence electrons. The minimum atomic E-state index is -0.790. The number of rotatable bonds is 6. The molecule has 3 N–H and O–H groups in total. The summed E-state index contributed by atoms with van der Waals surface area (Å²) in [5.74, 6) is 0.527. The largest absolute Gasteiger partial charge is 0.495 e. The molecule has 3 amide bonds. The summed E-state index contributed by atoms with van der Waals surface area (Å²) in [5, 5.41) is 16.0. The molecule has 2 saturated heterocycles. The van der Waals surface area contributed by atoms with E-state index in [0.29, 0.717) is 37.2 Å². The van der Waals surface area contributed by atoms with Crippen molar-refractivity contribution < 1.29 is 28.9 Å². The Kier molecular flexibility index (Phi) is 8.51. The molecule has 0 spiro atoms. The van der Waals surface area contributed by atoms with Gasteiger partial charge >= 0.3 is 6.03 Å². The maximum atomic E-state index is 13.2. The molecule has 0 radical (unpaired) electrons. The molecular weight excluding hydrogens is 402 g/mol. The number of fused-ring (bicyclic) bond motifs is 1. The van der Waals surface area contributed by atoms with E-state index in [2.05, 4.69) is 10.6 Å². The van der Waals surface area contributed by atoms with Crippen molar-refractivity contribution in [2.24, 2.45) is 0 Å². The van der Waals surface area contributed by atoms with Crippen LogP contribution >= 0.6 is 0 Å². The summed E-state index contributed by atoms with van der Waals surface area (Å²) in [4.78, 5) is 26.9. The summed E-state index contributed by atoms with van der Waals surface area (Å²) in [7, 11) is 1.55. The molecule has 0 bridgehead atoms. The molecule has 0 aromatic heterocycles. The van der Waals surface area contributed by atoms with Gasteiger partial charge in [0.2, 0.25) is 5.91 Å². The number of urea groups is 1. The standard InChI is InChI=1S/C22H33N3O6/c1-3-10-23-21(27)11-16-8-9-18-20(31-16)14-30-13-15(26)12-25(18)22(28)24-17-6-4-5-7-19(17)29-2/h4-7,15-16,18,20,26H,3,8-14H2,1-2H3,(H,23,27)(H,24,28)/t15-,16-,18+,20-/m1/s1. The van der Waals surface area contributed by atoms with E-state index >= 15 is 0 Å². The Hall–Kier alpha value is -2.36. The Morgan fingerprint density at radius 3 is 2.84 bits per heavy atom. The number of para-hydroxylation sites is 2. The van der Waals surface area contributed by atoms with Crippen LogP contribution in [0.1, 0.15) is 32.6 Å². The average molecular weight is 436 g/mol. The Morgan fingerprint density at radius 1 is 1.26 bits per heavy atom. The van der Waals surface area contributed by atoms with Crippen LogP contribution in [0.5, 0.6) is 5.75 Å². The highest BCUT2D eigenvalue weighted by molar-refractivity contribution is 5.91. The van der Waals surface area contributed by atoms with E-state index in [0.717, 1.165) is 6.42 Å². The van der Waals surface area contributed by atoms with E-state index in [4.69, 9.17) is 14.2 Å². The maximum Gasteiger partial charge on any atom is 0.322 e. The highest BCUT2D eigenvalue weighted by atomic mass is 16.5. The summed E-state index contributed by atoms with van der Waals surface area (Å²) >= 11 is 0. The van der Waals surface area contributed by atoms with Crippen molar-refractivity contribution in [3.63, 3.8) is 0 Å². The quantitative estimate of drug-likeness (QED) is 0.628. The Balaban J connectivity index is 1.69. The molecular formula is C22H33N3O6. The second kappa shape index (κ2) is 11.3. The van der Waals surface area contributed by atoms with Crippen LogP contribution < -0.4 is 15.4 Å². The molecule has 31 heavy (non-hydrogen) atoms. The summed E-state index contributed by atoms with van der Waals surface area (Å²) in [6, 6.07) is 6.58. The predicted octanol–water partition coefficient (Wildman–Crippen LogP) is 1.75. The lowest BCUT2D eigenvalue weighted by Gasteiger charge is -2.44. The number of ether oxygens (including phenoxy) is 3. The lowest BCUT2D eigenvalue weighted by Crippen LogP contribution is -2.58. The van der Waals surface area contributed by atoms with Crippen LogP contribution in [0.2, 0.25) is 0 Å². The molecule has 2 aliphatic rings. The van der Waals surface area contributed by atoms with Crippen molar-refractivity contribution in [3.8, 4) is 5.75 Å². The van der Waals surface area contributed by atoms with Crippen molar-refractivity contribution in [2.45, 2.75) is 57.0 Å². The lowest BCUT2D eigenvalue weighted by molar-refractivity contribution is -0.149. The van der Waals surface area contributed by atoms with Crippen molar-refractivity contribution in [1.29, 1.82) is 0 Å². The van der Waals surface area contributed by atoms with Gasteiger partial charge in [-0.05, 0) is 31.4 Å². The molecule has 0 aliphatic carbocycles. The second-order valence-corrected chi connectivity index (χ2v) is 7.97. The van der Waals surface area contributed by atoms with Gasteiger partial charge in [-0.1, -0.05) is 19.1 Å². The van der Waals surface area contributed by atoms with E-state index in [1.807, 2.05) is 19.1 Å². The number of nitrogens with one attached hydrogen (secondary N) is 2. The fourth-order valence-electron chi connectivity index (χ4n) is 4.05. The Bertz CT molecular complexity index is 746. The highest BCUT2D eigenvalue weighted by Gasteiger charge is 2.40. The smallest absolute Gasteiger partial charge is 0.322 e. The average Bonchev–Trinajstić information content (AvgIpc) is 2.75. The Morgan fingerprint density at radius 2 is 2.06 bits per heavy atom. The third-order valence-corrected chi connectivity index (χ3v) is 5.58. The fraction of sp³-hybridized carbons (Fsp3) is 0.636. The van der Waals surface area contributed by atoms with Gasteiger partial charge in [0, 0.05) is 6.54 Å². The van der Waals surface area contributed by atoms with Gasteiger partial charge in [-0.25, -0.2) is 4.79 Å². The molecule has 1 aromatic rings. The van der Waals surface area contributed by atoms with Gasteiger partial charge in [0.25, 0.3) is 0 Å². The van der Waals surface area contributed by atoms with Crippen molar-refractivity contribution >= 4 is 17.6 Å². The number of aliphatic hydroxyl groups excluding tert-OH is 1. The molecule has 0 saturated carbocycles. The summed E-state index contributed by atoms with van der Waals surface area (Å²) in [6.07, 6.45) is 1.11. The summed E-state index contributed by atoms with van der Waals surface area (Å²) in [6.45, 7) is 3.16. The van der Waals surface area contributed by atoms with Crippen LogP contribution in [0.25, 0.3) is 0 Å². The third-order valence-electron chi connectivity index (χ3n) is 5.58. The number of amides is 3. The number of benzene rings is 1. The van der Waals surface area contributed by atoms with Crippen LogP contribution in [0, 0.1) is 0 Å². The number of β-amino-alcohol motifs (C(OH)–C–C–N with tert-alkyl or cyclic N) is 1. The van der Waals surface area contributed by atoms with Crippen molar-refractivity contribution in [1.82, 2.24) is 10.2 Å². The third kappa shape index (κ3) is 6.32. The first kappa shape index (κ1) is 23.3. The number of carbonyl (C=O) groups is 2. The van der Waals surface area contributed by atoms with Crippen LogP contribution in [0.4, 0.5) is 10.5 Å². The number of aliphatic hydroxyl groups is 1. The molecule has 3 rings (SSSR count). The van der Waals surface area contributed by atoms with E-state index < -0.39 is 6.10 Å². The second-order valence-electron chi connectivity index (χ2n) is 7.97. The molecule has 2 heterocycles. The minimum absolute atomic E-state index is 0.0294. The monoisotopic (exact) mass is 435 g/mol. The normalized spacial score (nSPS) is 26.2. The number of nitrogens with zero attached hydrogens (tertiary/aromatic N) is 1. The zero-order valence-electron chi connectivity index (χ0n) is 18.2.